The molecule has 2 heteroatoms. The number of ether oxygens (including phenoxy) is 1. The Morgan fingerprint density at radius 1 is 0.581 bits per heavy atom. The molecule has 0 amide bonds. The predicted molar refractivity (Wildman–Crippen MR) is 133 cm³/mol. The molecule has 0 spiro atoms. The van der Waals surface area contributed by atoms with Crippen LogP contribution in [0.15, 0.2) is 66.9 Å². The molecule has 1 aromatic heterocycles. The largest absolute Gasteiger partial charge is 0.494 e. The molecule has 2 nitrogen and oxygen atoms in total. The van der Waals surface area contributed by atoms with Crippen LogP contribution < -0.4 is 4.74 Å². The first-order chi connectivity index (χ1) is 15.3. The van der Waals surface area contributed by atoms with Gasteiger partial charge in [0, 0.05) is 17.5 Å². The Hall–Kier alpha value is -2.61. The van der Waals surface area contributed by atoms with E-state index in [-0.39, 0.29) is 0 Å². The number of hydrogen-bond acceptors (Lipinski definition) is 2. The number of nitrogens with zero attached hydrogens (tertiary/aromatic N) is 1. The van der Waals surface area contributed by atoms with E-state index in [1.807, 2.05) is 6.20 Å². The molecule has 2 aromatic carbocycles. The third-order valence-corrected chi connectivity index (χ3v) is 5.78. The van der Waals surface area contributed by atoms with E-state index >= 15 is 0 Å². The van der Waals surface area contributed by atoms with Crippen LogP contribution in [0.25, 0.3) is 22.3 Å². The van der Waals surface area contributed by atoms with Gasteiger partial charge in [0.25, 0.3) is 0 Å². The number of unbranched alkanes of at least 4 members (excludes halogenated alkanes) is 6. The molecule has 0 N–H and O–H groups in total. The summed E-state index contributed by atoms with van der Waals surface area (Å²) in [6, 6.07) is 21.5. The molecular formula is C29H37NO. The van der Waals surface area contributed by atoms with Gasteiger partial charge in [-0.3, -0.25) is 4.98 Å². The Morgan fingerprint density at radius 2 is 1.13 bits per heavy atom. The number of benzene rings is 2. The molecular weight excluding hydrogens is 378 g/mol. The summed E-state index contributed by atoms with van der Waals surface area (Å²) in [6.07, 6.45) is 13.3. The second-order valence-electron chi connectivity index (χ2n) is 8.36. The van der Waals surface area contributed by atoms with Crippen LogP contribution in [0.4, 0.5) is 0 Å². The molecule has 164 valence electrons. The van der Waals surface area contributed by atoms with E-state index in [9.17, 15) is 0 Å². The lowest BCUT2D eigenvalue weighted by atomic mass is 10.0. The number of pyridine rings is 1. The van der Waals surface area contributed by atoms with Crippen molar-refractivity contribution in [3.63, 3.8) is 0 Å². The van der Waals surface area contributed by atoms with Crippen LogP contribution in [-0.4, -0.2) is 11.6 Å². The minimum absolute atomic E-state index is 0.788. The highest BCUT2D eigenvalue weighted by Gasteiger charge is 2.03. The van der Waals surface area contributed by atoms with Crippen molar-refractivity contribution in [3.8, 4) is 28.0 Å². The summed E-state index contributed by atoms with van der Waals surface area (Å²) >= 11 is 0. The SMILES string of the molecule is CCCCCCCCc1ccc(-c2ccc(-c3ccc(OCCCC)cc3)cc2)cn1. The molecule has 0 atom stereocenters. The number of aromatic nitrogens is 1. The van der Waals surface area contributed by atoms with Crippen LogP contribution in [0.5, 0.6) is 5.75 Å². The average Bonchev–Trinajstić information content (AvgIpc) is 2.82. The van der Waals surface area contributed by atoms with Crippen molar-refractivity contribution in [1.82, 2.24) is 4.98 Å². The second-order valence-corrected chi connectivity index (χ2v) is 8.36. The standard InChI is InChI=1S/C29H37NO/c1-3-5-7-8-9-10-11-28-19-16-27(23-30-28)26-14-12-24(13-15-26)25-17-20-29(21-18-25)31-22-6-4-2/h12-21,23H,3-11,22H2,1-2H3. The van der Waals surface area contributed by atoms with E-state index in [1.165, 1.54) is 66.5 Å². The van der Waals surface area contributed by atoms with E-state index < -0.39 is 0 Å². The van der Waals surface area contributed by atoms with E-state index in [0.29, 0.717) is 0 Å². The molecule has 0 saturated carbocycles. The van der Waals surface area contributed by atoms with Crippen LogP contribution in [0.2, 0.25) is 0 Å². The highest BCUT2D eigenvalue weighted by atomic mass is 16.5. The first kappa shape index (κ1) is 23.1. The fourth-order valence-electron chi connectivity index (χ4n) is 3.76. The maximum Gasteiger partial charge on any atom is 0.119 e. The van der Waals surface area contributed by atoms with E-state index in [4.69, 9.17) is 9.72 Å². The van der Waals surface area contributed by atoms with Gasteiger partial charge in [-0.15, -0.1) is 0 Å². The molecule has 0 bridgehead atoms. The van der Waals surface area contributed by atoms with Gasteiger partial charge < -0.3 is 4.74 Å². The number of aryl methyl sites for hydroxylation is 1. The summed E-state index contributed by atoms with van der Waals surface area (Å²) in [5.74, 6) is 0.945. The topological polar surface area (TPSA) is 22.1 Å². The lowest BCUT2D eigenvalue weighted by Gasteiger charge is -2.08. The van der Waals surface area contributed by atoms with Crippen molar-refractivity contribution in [2.75, 3.05) is 6.61 Å². The van der Waals surface area contributed by atoms with E-state index in [0.717, 1.165) is 31.6 Å². The Kier molecular flexibility index (Phi) is 9.63. The van der Waals surface area contributed by atoms with Gasteiger partial charge in [0.1, 0.15) is 5.75 Å². The van der Waals surface area contributed by atoms with Gasteiger partial charge in [-0.2, -0.15) is 0 Å². The lowest BCUT2D eigenvalue weighted by Crippen LogP contribution is -1.95. The van der Waals surface area contributed by atoms with Gasteiger partial charge in [0.2, 0.25) is 0 Å². The molecule has 3 rings (SSSR count). The molecule has 0 aliphatic heterocycles. The Labute approximate surface area is 188 Å². The fraction of sp³-hybridized carbons (Fsp3) is 0.414. The molecule has 0 radical (unpaired) electrons. The third kappa shape index (κ3) is 7.54. The normalized spacial score (nSPS) is 10.9. The Morgan fingerprint density at radius 3 is 1.74 bits per heavy atom. The van der Waals surface area contributed by atoms with Crippen LogP contribution in [-0.2, 0) is 6.42 Å². The monoisotopic (exact) mass is 415 g/mol. The van der Waals surface area contributed by atoms with Crippen LogP contribution in [0.3, 0.4) is 0 Å². The summed E-state index contributed by atoms with van der Waals surface area (Å²) in [5, 5.41) is 0. The highest BCUT2D eigenvalue weighted by molar-refractivity contribution is 5.70. The quantitative estimate of drug-likeness (QED) is 0.261. The highest BCUT2D eigenvalue weighted by Crippen LogP contribution is 2.26. The maximum atomic E-state index is 5.76. The zero-order valence-corrected chi connectivity index (χ0v) is 19.3. The second kappa shape index (κ2) is 12.9. The van der Waals surface area contributed by atoms with Gasteiger partial charge >= 0.3 is 0 Å². The van der Waals surface area contributed by atoms with Crippen LogP contribution in [0.1, 0.15) is 70.9 Å². The number of rotatable bonds is 13. The van der Waals surface area contributed by atoms with Crippen LogP contribution in [0, 0.1) is 0 Å². The third-order valence-electron chi connectivity index (χ3n) is 5.78. The summed E-state index contributed by atoms with van der Waals surface area (Å²) in [4.78, 5) is 4.70. The minimum atomic E-state index is 0.788. The Balaban J connectivity index is 1.52. The first-order valence-electron chi connectivity index (χ1n) is 12.1. The molecule has 0 aliphatic carbocycles. The summed E-state index contributed by atoms with van der Waals surface area (Å²) in [5.41, 5.74) is 6.02. The summed E-state index contributed by atoms with van der Waals surface area (Å²) in [7, 11) is 0. The van der Waals surface area contributed by atoms with Gasteiger partial charge in [-0.05, 0) is 54.2 Å². The summed E-state index contributed by atoms with van der Waals surface area (Å²) < 4.78 is 5.76. The van der Waals surface area contributed by atoms with Crippen molar-refractivity contribution < 1.29 is 4.74 Å². The lowest BCUT2D eigenvalue weighted by molar-refractivity contribution is 0.309. The van der Waals surface area contributed by atoms with Gasteiger partial charge in [0.15, 0.2) is 0 Å². The maximum absolute atomic E-state index is 5.76. The molecule has 31 heavy (non-hydrogen) atoms. The first-order valence-corrected chi connectivity index (χ1v) is 12.1. The van der Waals surface area contributed by atoms with E-state index in [2.05, 4.69) is 74.5 Å². The van der Waals surface area contributed by atoms with Crippen molar-refractivity contribution in [2.45, 2.75) is 71.6 Å². The zero-order valence-electron chi connectivity index (χ0n) is 19.3. The smallest absolute Gasteiger partial charge is 0.119 e. The van der Waals surface area contributed by atoms with Crippen molar-refractivity contribution >= 4 is 0 Å². The minimum Gasteiger partial charge on any atom is -0.494 e. The molecule has 0 saturated heterocycles. The van der Waals surface area contributed by atoms with Crippen molar-refractivity contribution in [1.29, 1.82) is 0 Å². The number of hydrogen-bond donors (Lipinski definition) is 0. The van der Waals surface area contributed by atoms with Gasteiger partial charge in [-0.25, -0.2) is 0 Å². The van der Waals surface area contributed by atoms with Crippen LogP contribution >= 0.6 is 0 Å². The molecule has 1 heterocycles. The predicted octanol–water partition coefficient (Wildman–Crippen LogP) is 8.50. The molecule has 0 aliphatic rings. The van der Waals surface area contributed by atoms with Crippen molar-refractivity contribution in [3.05, 3.63) is 72.6 Å². The molecule has 0 unspecified atom stereocenters. The van der Waals surface area contributed by atoms with Gasteiger partial charge in [-0.1, -0.05) is 94.8 Å². The molecule has 0 fully saturated rings. The average molecular weight is 416 g/mol. The fourth-order valence-corrected chi connectivity index (χ4v) is 3.76. The summed E-state index contributed by atoms with van der Waals surface area (Å²) in [6.45, 7) is 5.23. The van der Waals surface area contributed by atoms with Crippen molar-refractivity contribution in [2.24, 2.45) is 0 Å². The zero-order chi connectivity index (χ0) is 21.7. The van der Waals surface area contributed by atoms with E-state index in [1.54, 1.807) is 0 Å². The Bertz CT molecular complexity index is 866. The molecule has 3 aromatic rings. The van der Waals surface area contributed by atoms with Gasteiger partial charge in [0.05, 0.1) is 6.61 Å².